The molecule has 0 aliphatic rings. The zero-order valence-electron chi connectivity index (χ0n) is 13.4. The molecule has 0 fully saturated rings. The maximum Gasteiger partial charge on any atom is 0.260 e. The highest BCUT2D eigenvalue weighted by atomic mass is 32.1. The van der Waals surface area contributed by atoms with Crippen LogP contribution in [0.3, 0.4) is 0 Å². The fraction of sp³-hybridized carbons (Fsp3) is 0.167. The van der Waals surface area contributed by atoms with E-state index in [-0.39, 0.29) is 23.8 Å². The Morgan fingerprint density at radius 3 is 2.68 bits per heavy atom. The zero-order valence-corrected chi connectivity index (χ0v) is 14.2. The van der Waals surface area contributed by atoms with Gasteiger partial charge in [-0.2, -0.15) is 0 Å². The van der Waals surface area contributed by atoms with E-state index in [1.807, 2.05) is 0 Å². The number of benzene rings is 1. The Balaban J connectivity index is 1.78. The fourth-order valence-electron chi connectivity index (χ4n) is 2.39. The number of halogens is 1. The molecular weight excluding hydrogens is 343 g/mol. The van der Waals surface area contributed by atoms with Crippen LogP contribution in [0.4, 0.5) is 4.39 Å². The molecule has 0 aliphatic heterocycles. The molecule has 1 N–H and O–H groups in total. The van der Waals surface area contributed by atoms with Gasteiger partial charge < -0.3 is 5.11 Å². The van der Waals surface area contributed by atoms with Gasteiger partial charge in [0, 0.05) is 18.7 Å². The van der Waals surface area contributed by atoms with Crippen molar-refractivity contribution in [2.45, 2.75) is 19.8 Å². The van der Waals surface area contributed by atoms with Gasteiger partial charge in [0.15, 0.2) is 10.9 Å². The molecule has 3 rings (SSSR count). The Morgan fingerprint density at radius 1 is 1.28 bits per heavy atom. The first-order valence-electron chi connectivity index (χ1n) is 7.61. The third kappa shape index (κ3) is 3.83. The molecule has 128 valence electrons. The second kappa shape index (κ2) is 6.98. The molecule has 2 heterocycles. The van der Waals surface area contributed by atoms with E-state index in [1.165, 1.54) is 29.0 Å². The van der Waals surface area contributed by atoms with Crippen LogP contribution in [0.25, 0.3) is 5.13 Å². The first-order chi connectivity index (χ1) is 11.9. The molecule has 0 amide bonds. The number of aryl methyl sites for hydroxylation is 2. The lowest BCUT2D eigenvalue weighted by molar-refractivity contribution is 0.0986. The highest BCUT2D eigenvalue weighted by Crippen LogP contribution is 2.23. The monoisotopic (exact) mass is 358 g/mol. The zero-order chi connectivity index (χ0) is 18.0. The minimum atomic E-state index is -0.418. The summed E-state index contributed by atoms with van der Waals surface area (Å²) in [5.74, 6) is -0.500. The highest BCUT2D eigenvalue weighted by Gasteiger charge is 2.17. The van der Waals surface area contributed by atoms with Gasteiger partial charge in [-0.1, -0.05) is 23.5 Å². The number of carbonyl (C=O) groups excluding carboxylic acids is 1. The largest absolute Gasteiger partial charge is 0.508 e. The standard InChI is InChI=1S/C18H15FN2O3S/c1-11-17(15(23)7-4-12-2-5-13(19)6-3-12)25-18(20-11)21-9-8-14(22)10-16(21)24/h2-3,5-6,8-10,22H,4,7H2,1H3. The molecule has 0 atom stereocenters. The summed E-state index contributed by atoms with van der Waals surface area (Å²) in [6.45, 7) is 1.72. The summed E-state index contributed by atoms with van der Waals surface area (Å²) >= 11 is 1.14. The number of aromatic hydroxyl groups is 1. The average Bonchev–Trinajstić information content (AvgIpc) is 2.95. The number of rotatable bonds is 5. The third-order valence-electron chi connectivity index (χ3n) is 3.70. The van der Waals surface area contributed by atoms with Crippen molar-refractivity contribution in [3.05, 3.63) is 74.9 Å². The lowest BCUT2D eigenvalue weighted by atomic mass is 10.1. The summed E-state index contributed by atoms with van der Waals surface area (Å²) in [5.41, 5.74) is 1.02. The summed E-state index contributed by atoms with van der Waals surface area (Å²) in [7, 11) is 0. The highest BCUT2D eigenvalue weighted by molar-refractivity contribution is 7.16. The Bertz CT molecular complexity index is 977. The number of thiazole rings is 1. The smallest absolute Gasteiger partial charge is 0.260 e. The van der Waals surface area contributed by atoms with Gasteiger partial charge in [0.05, 0.1) is 10.6 Å². The van der Waals surface area contributed by atoms with Crippen molar-refractivity contribution in [2.24, 2.45) is 0 Å². The number of nitrogens with zero attached hydrogens (tertiary/aromatic N) is 2. The van der Waals surface area contributed by atoms with E-state index < -0.39 is 5.56 Å². The van der Waals surface area contributed by atoms with Gasteiger partial charge >= 0.3 is 0 Å². The predicted molar refractivity (Wildman–Crippen MR) is 93.2 cm³/mol. The third-order valence-corrected chi connectivity index (χ3v) is 4.90. The maximum atomic E-state index is 12.9. The molecule has 3 aromatic rings. The Kier molecular flexibility index (Phi) is 4.76. The van der Waals surface area contributed by atoms with Crippen LogP contribution in [-0.2, 0) is 6.42 Å². The molecule has 5 nitrogen and oxygen atoms in total. The van der Waals surface area contributed by atoms with Crippen LogP contribution < -0.4 is 5.56 Å². The van der Waals surface area contributed by atoms with E-state index in [2.05, 4.69) is 4.98 Å². The molecule has 0 saturated carbocycles. The van der Waals surface area contributed by atoms with E-state index in [1.54, 1.807) is 19.1 Å². The van der Waals surface area contributed by atoms with Crippen LogP contribution in [-0.4, -0.2) is 20.4 Å². The summed E-state index contributed by atoms with van der Waals surface area (Å²) in [5, 5.41) is 9.70. The SMILES string of the molecule is Cc1nc(-n2ccc(O)cc2=O)sc1C(=O)CCc1ccc(F)cc1. The first-order valence-corrected chi connectivity index (χ1v) is 8.43. The lowest BCUT2D eigenvalue weighted by Gasteiger charge is -2.01. The van der Waals surface area contributed by atoms with E-state index in [4.69, 9.17) is 0 Å². The summed E-state index contributed by atoms with van der Waals surface area (Å²) in [6.07, 6.45) is 2.20. The Hall–Kier alpha value is -2.80. The van der Waals surface area contributed by atoms with Crippen molar-refractivity contribution in [3.8, 4) is 10.9 Å². The minimum absolute atomic E-state index is 0.0718. The lowest BCUT2D eigenvalue weighted by Crippen LogP contribution is -2.15. The number of Topliss-reactive ketones (excluding diaryl/α,β-unsaturated/α-hetero) is 1. The van der Waals surface area contributed by atoms with Crippen molar-refractivity contribution >= 4 is 17.1 Å². The molecule has 0 bridgehead atoms. The van der Waals surface area contributed by atoms with Crippen molar-refractivity contribution in [2.75, 3.05) is 0 Å². The number of hydrogen-bond donors (Lipinski definition) is 1. The van der Waals surface area contributed by atoms with Crippen LogP contribution >= 0.6 is 11.3 Å². The molecule has 0 saturated heterocycles. The molecule has 1 aromatic carbocycles. The Labute approximate surface area is 147 Å². The normalized spacial score (nSPS) is 10.8. The molecular formula is C18H15FN2O3S. The van der Waals surface area contributed by atoms with E-state index in [0.29, 0.717) is 22.1 Å². The topological polar surface area (TPSA) is 72.2 Å². The molecule has 0 radical (unpaired) electrons. The van der Waals surface area contributed by atoms with E-state index >= 15 is 0 Å². The minimum Gasteiger partial charge on any atom is -0.508 e. The van der Waals surface area contributed by atoms with Gasteiger partial charge in [-0.05, 0) is 37.1 Å². The number of ketones is 1. The van der Waals surface area contributed by atoms with E-state index in [0.717, 1.165) is 23.0 Å². The number of hydrogen-bond acceptors (Lipinski definition) is 5. The predicted octanol–water partition coefficient (Wildman–Crippen LogP) is 3.26. The first kappa shape index (κ1) is 17.0. The molecule has 0 spiro atoms. The second-order valence-electron chi connectivity index (χ2n) is 5.55. The number of pyridine rings is 1. The van der Waals surface area contributed by atoms with Crippen LogP contribution in [0.5, 0.6) is 5.75 Å². The van der Waals surface area contributed by atoms with Crippen LogP contribution in [0.1, 0.15) is 27.3 Å². The van der Waals surface area contributed by atoms with Crippen LogP contribution in [0.2, 0.25) is 0 Å². The van der Waals surface area contributed by atoms with Gasteiger partial charge in [-0.3, -0.25) is 14.2 Å². The van der Waals surface area contributed by atoms with Gasteiger partial charge in [-0.15, -0.1) is 0 Å². The van der Waals surface area contributed by atoms with Crippen LogP contribution in [0, 0.1) is 12.7 Å². The van der Waals surface area contributed by atoms with Gasteiger partial charge in [0.2, 0.25) is 0 Å². The van der Waals surface area contributed by atoms with Crippen molar-refractivity contribution in [1.29, 1.82) is 0 Å². The number of carbonyl (C=O) groups is 1. The van der Waals surface area contributed by atoms with Gasteiger partial charge in [-0.25, -0.2) is 9.37 Å². The quantitative estimate of drug-likeness (QED) is 0.711. The molecule has 25 heavy (non-hydrogen) atoms. The van der Waals surface area contributed by atoms with Gasteiger partial charge in [0.1, 0.15) is 11.6 Å². The fourth-order valence-corrected chi connectivity index (χ4v) is 3.42. The maximum absolute atomic E-state index is 12.9. The summed E-state index contributed by atoms with van der Waals surface area (Å²) < 4.78 is 14.2. The Morgan fingerprint density at radius 2 is 2.00 bits per heavy atom. The summed E-state index contributed by atoms with van der Waals surface area (Å²) in [4.78, 5) is 29.2. The molecule has 0 aliphatic carbocycles. The molecule has 0 unspecified atom stereocenters. The molecule has 2 aromatic heterocycles. The second-order valence-corrected chi connectivity index (χ2v) is 6.53. The van der Waals surface area contributed by atoms with Crippen molar-refractivity contribution < 1.29 is 14.3 Å². The molecule has 7 heteroatoms. The van der Waals surface area contributed by atoms with Crippen LogP contribution in [0.15, 0.2) is 47.4 Å². The van der Waals surface area contributed by atoms with Gasteiger partial charge in [0.25, 0.3) is 5.56 Å². The summed E-state index contributed by atoms with van der Waals surface area (Å²) in [6, 6.07) is 8.52. The average molecular weight is 358 g/mol. The van der Waals surface area contributed by atoms with E-state index in [9.17, 15) is 19.1 Å². The number of aromatic nitrogens is 2. The van der Waals surface area contributed by atoms with Crippen molar-refractivity contribution in [1.82, 2.24) is 9.55 Å². The van der Waals surface area contributed by atoms with Crippen molar-refractivity contribution in [3.63, 3.8) is 0 Å².